The first kappa shape index (κ1) is 16.1. The van der Waals surface area contributed by atoms with E-state index in [1.807, 2.05) is 0 Å². The lowest BCUT2D eigenvalue weighted by Crippen LogP contribution is -2.72. The minimum absolute atomic E-state index is 0.170. The first-order valence-corrected chi connectivity index (χ1v) is 8.87. The SMILES string of the molecule is CCNC(=NCC1CN2CCN1CC2)N1CC(C)(C)C1(C)C. The molecule has 0 saturated carbocycles. The number of likely N-dealkylation sites (tertiary alicyclic amines) is 1. The molecule has 4 aliphatic rings. The molecule has 0 aliphatic carbocycles. The Morgan fingerprint density at radius 2 is 1.82 bits per heavy atom. The van der Waals surface area contributed by atoms with Crippen molar-refractivity contribution in [3.05, 3.63) is 0 Å². The molecule has 1 N–H and O–H groups in total. The molecular formula is C17H33N5. The maximum atomic E-state index is 5.00. The van der Waals surface area contributed by atoms with Crippen LogP contribution in [0.2, 0.25) is 0 Å². The highest BCUT2D eigenvalue weighted by Crippen LogP contribution is 2.46. The van der Waals surface area contributed by atoms with Crippen molar-refractivity contribution in [2.75, 3.05) is 52.4 Å². The van der Waals surface area contributed by atoms with E-state index in [0.29, 0.717) is 11.5 Å². The predicted octanol–water partition coefficient (Wildman–Crippen LogP) is 1.07. The van der Waals surface area contributed by atoms with Gasteiger partial charge in [0.25, 0.3) is 0 Å². The molecule has 0 radical (unpaired) electrons. The Morgan fingerprint density at radius 1 is 1.14 bits per heavy atom. The molecule has 0 amide bonds. The number of hydrogen-bond donors (Lipinski definition) is 1. The predicted molar refractivity (Wildman–Crippen MR) is 92.3 cm³/mol. The molecule has 4 heterocycles. The summed E-state index contributed by atoms with van der Waals surface area (Å²) in [6.45, 7) is 20.6. The highest BCUT2D eigenvalue weighted by molar-refractivity contribution is 5.82. The summed E-state index contributed by atoms with van der Waals surface area (Å²) in [4.78, 5) is 12.7. The molecule has 4 fully saturated rings. The van der Waals surface area contributed by atoms with Crippen molar-refractivity contribution in [1.82, 2.24) is 20.0 Å². The van der Waals surface area contributed by atoms with Crippen LogP contribution in [0, 0.1) is 5.41 Å². The van der Waals surface area contributed by atoms with Crippen LogP contribution in [0.1, 0.15) is 34.6 Å². The zero-order valence-corrected chi connectivity index (χ0v) is 15.0. The molecule has 4 aliphatic heterocycles. The molecule has 2 bridgehead atoms. The van der Waals surface area contributed by atoms with Gasteiger partial charge in [-0.1, -0.05) is 13.8 Å². The number of nitrogens with zero attached hydrogens (tertiary/aromatic N) is 4. The average molecular weight is 307 g/mol. The monoisotopic (exact) mass is 307 g/mol. The fraction of sp³-hybridized carbons (Fsp3) is 0.941. The number of aliphatic imine (C=N–C) groups is 1. The van der Waals surface area contributed by atoms with Crippen molar-refractivity contribution in [1.29, 1.82) is 0 Å². The average Bonchev–Trinajstić information content (AvgIpc) is 2.50. The lowest BCUT2D eigenvalue weighted by Gasteiger charge is -2.62. The standard InChI is InChI=1S/C17H33N5/c1-6-18-15(22-13-16(2,3)17(22,4)5)19-11-14-12-20-7-9-21(14)10-8-20/h14H,6-13H2,1-5H3,(H,18,19). The van der Waals surface area contributed by atoms with Crippen molar-refractivity contribution >= 4 is 5.96 Å². The number of guanidine groups is 1. The third-order valence-corrected chi connectivity index (χ3v) is 6.32. The van der Waals surface area contributed by atoms with E-state index in [4.69, 9.17) is 4.99 Å². The molecule has 22 heavy (non-hydrogen) atoms. The van der Waals surface area contributed by atoms with E-state index in [0.717, 1.165) is 25.6 Å². The number of nitrogens with one attached hydrogen (secondary N) is 1. The van der Waals surface area contributed by atoms with Gasteiger partial charge in [-0.25, -0.2) is 0 Å². The van der Waals surface area contributed by atoms with Crippen LogP contribution >= 0.6 is 0 Å². The van der Waals surface area contributed by atoms with Gasteiger partial charge in [-0.3, -0.25) is 14.8 Å². The third kappa shape index (κ3) is 2.62. The normalized spacial score (nSPS) is 36.1. The van der Waals surface area contributed by atoms with Crippen LogP contribution < -0.4 is 5.32 Å². The molecule has 4 rings (SSSR count). The second-order valence-electron chi connectivity index (χ2n) is 8.21. The molecule has 0 aromatic heterocycles. The summed E-state index contributed by atoms with van der Waals surface area (Å²) in [6, 6.07) is 0.605. The van der Waals surface area contributed by atoms with Crippen LogP contribution in [-0.4, -0.2) is 84.6 Å². The summed E-state index contributed by atoms with van der Waals surface area (Å²) in [7, 11) is 0. The Morgan fingerprint density at radius 3 is 2.27 bits per heavy atom. The second-order valence-corrected chi connectivity index (χ2v) is 8.21. The van der Waals surface area contributed by atoms with E-state index in [2.05, 4.69) is 54.6 Å². The van der Waals surface area contributed by atoms with E-state index in [1.165, 1.54) is 32.7 Å². The second kappa shape index (κ2) is 5.68. The summed E-state index contributed by atoms with van der Waals surface area (Å²) in [5.74, 6) is 1.10. The van der Waals surface area contributed by atoms with E-state index >= 15 is 0 Å². The van der Waals surface area contributed by atoms with E-state index in [9.17, 15) is 0 Å². The lowest BCUT2D eigenvalue weighted by molar-refractivity contribution is -0.0669. The minimum Gasteiger partial charge on any atom is -0.356 e. The Labute approximate surface area is 135 Å². The van der Waals surface area contributed by atoms with Gasteiger partial charge in [0.05, 0.1) is 6.54 Å². The molecule has 126 valence electrons. The molecule has 5 nitrogen and oxygen atoms in total. The van der Waals surface area contributed by atoms with Crippen LogP contribution in [0.4, 0.5) is 0 Å². The quantitative estimate of drug-likeness (QED) is 0.625. The molecule has 1 unspecified atom stereocenters. The highest BCUT2D eigenvalue weighted by atomic mass is 15.4. The number of piperazine rings is 3. The van der Waals surface area contributed by atoms with Gasteiger partial charge in [-0.2, -0.15) is 0 Å². The van der Waals surface area contributed by atoms with E-state index < -0.39 is 0 Å². The van der Waals surface area contributed by atoms with Gasteiger partial charge in [0.2, 0.25) is 0 Å². The Hall–Kier alpha value is -0.810. The zero-order valence-electron chi connectivity index (χ0n) is 15.0. The van der Waals surface area contributed by atoms with Crippen molar-refractivity contribution in [2.45, 2.75) is 46.2 Å². The van der Waals surface area contributed by atoms with E-state index in [-0.39, 0.29) is 5.54 Å². The van der Waals surface area contributed by atoms with Gasteiger partial charge in [0.1, 0.15) is 0 Å². The molecule has 4 saturated heterocycles. The summed E-state index contributed by atoms with van der Waals surface area (Å²) >= 11 is 0. The highest BCUT2D eigenvalue weighted by Gasteiger charge is 2.53. The van der Waals surface area contributed by atoms with E-state index in [1.54, 1.807) is 0 Å². The maximum absolute atomic E-state index is 5.00. The number of rotatable bonds is 3. The van der Waals surface area contributed by atoms with Crippen LogP contribution in [-0.2, 0) is 0 Å². The topological polar surface area (TPSA) is 34.1 Å². The molecule has 0 aromatic rings. The van der Waals surface area contributed by atoms with Gasteiger partial charge in [0.15, 0.2) is 5.96 Å². The smallest absolute Gasteiger partial charge is 0.194 e. The third-order valence-electron chi connectivity index (χ3n) is 6.32. The van der Waals surface area contributed by atoms with Gasteiger partial charge in [-0.15, -0.1) is 0 Å². The Kier molecular flexibility index (Phi) is 4.14. The summed E-state index contributed by atoms with van der Waals surface area (Å²) < 4.78 is 0. The van der Waals surface area contributed by atoms with Crippen LogP contribution in [0.5, 0.6) is 0 Å². The number of hydrogen-bond acceptors (Lipinski definition) is 3. The van der Waals surface area contributed by atoms with Gasteiger partial charge in [-0.05, 0) is 20.8 Å². The van der Waals surface area contributed by atoms with Gasteiger partial charge in [0, 0.05) is 62.8 Å². The molecular weight excluding hydrogens is 274 g/mol. The molecule has 0 aromatic carbocycles. The van der Waals surface area contributed by atoms with Crippen LogP contribution in [0.25, 0.3) is 0 Å². The minimum atomic E-state index is 0.170. The molecule has 0 spiro atoms. The van der Waals surface area contributed by atoms with Crippen molar-refractivity contribution in [3.8, 4) is 0 Å². The van der Waals surface area contributed by atoms with Crippen LogP contribution in [0.15, 0.2) is 4.99 Å². The fourth-order valence-electron chi connectivity index (χ4n) is 3.88. The summed E-state index contributed by atoms with van der Waals surface area (Å²) in [5, 5.41) is 3.51. The Bertz CT molecular complexity index is 434. The van der Waals surface area contributed by atoms with Crippen molar-refractivity contribution in [3.63, 3.8) is 0 Å². The fourth-order valence-corrected chi connectivity index (χ4v) is 3.88. The van der Waals surface area contributed by atoms with Crippen molar-refractivity contribution in [2.24, 2.45) is 10.4 Å². The molecule has 1 atom stereocenters. The summed E-state index contributed by atoms with van der Waals surface area (Å²) in [5.41, 5.74) is 0.520. The Balaban J connectivity index is 1.67. The van der Waals surface area contributed by atoms with Gasteiger partial charge < -0.3 is 10.2 Å². The zero-order chi connectivity index (χ0) is 16.0. The lowest BCUT2D eigenvalue weighted by atomic mass is 9.65. The van der Waals surface area contributed by atoms with Gasteiger partial charge >= 0.3 is 0 Å². The first-order valence-electron chi connectivity index (χ1n) is 8.87. The maximum Gasteiger partial charge on any atom is 0.194 e. The number of fused-ring (bicyclic) bond motifs is 3. The first-order chi connectivity index (χ1) is 10.3. The van der Waals surface area contributed by atoms with Crippen molar-refractivity contribution < 1.29 is 0 Å². The molecule has 5 heteroatoms. The van der Waals surface area contributed by atoms with Crippen LogP contribution in [0.3, 0.4) is 0 Å². The summed E-state index contributed by atoms with van der Waals surface area (Å²) in [6.07, 6.45) is 0. The largest absolute Gasteiger partial charge is 0.356 e.